The summed E-state index contributed by atoms with van der Waals surface area (Å²) in [5.41, 5.74) is 3.82. The Kier molecular flexibility index (Phi) is 4.28. The Bertz CT molecular complexity index is 769. The van der Waals surface area contributed by atoms with Crippen LogP contribution in [0.15, 0.2) is 36.5 Å². The Morgan fingerprint density at radius 1 is 1.16 bits per heavy atom. The van der Waals surface area contributed by atoms with Crippen molar-refractivity contribution in [2.45, 2.75) is 6.42 Å². The highest BCUT2D eigenvalue weighted by atomic mass is 16.5. The molecule has 0 bridgehead atoms. The third-order valence-corrected chi connectivity index (χ3v) is 4.82. The molecule has 1 fully saturated rings. The van der Waals surface area contributed by atoms with E-state index in [2.05, 4.69) is 27.1 Å². The Labute approximate surface area is 147 Å². The molecule has 3 heterocycles. The van der Waals surface area contributed by atoms with Gasteiger partial charge in [-0.1, -0.05) is 6.07 Å². The number of morpholine rings is 1. The molecule has 2 aliphatic rings. The highest BCUT2D eigenvalue weighted by Crippen LogP contribution is 2.28. The molecule has 1 amide bonds. The summed E-state index contributed by atoms with van der Waals surface area (Å²) in [6.07, 6.45) is 2.75. The molecule has 2 aliphatic heterocycles. The fourth-order valence-electron chi connectivity index (χ4n) is 3.32. The van der Waals surface area contributed by atoms with Crippen LogP contribution >= 0.6 is 0 Å². The number of pyridine rings is 1. The number of rotatable bonds is 3. The Hall–Kier alpha value is -2.60. The minimum Gasteiger partial charge on any atom is -0.378 e. The van der Waals surface area contributed by atoms with Crippen molar-refractivity contribution >= 4 is 23.1 Å². The molecule has 0 aliphatic carbocycles. The number of nitrogens with zero attached hydrogens (tertiary/aromatic N) is 3. The quantitative estimate of drug-likeness (QED) is 0.929. The van der Waals surface area contributed by atoms with Crippen LogP contribution in [0.5, 0.6) is 0 Å². The fourth-order valence-corrected chi connectivity index (χ4v) is 3.32. The normalized spacial score (nSPS) is 16.7. The maximum absolute atomic E-state index is 12.5. The Morgan fingerprint density at radius 2 is 2.00 bits per heavy atom. The van der Waals surface area contributed by atoms with Gasteiger partial charge < -0.3 is 19.9 Å². The lowest BCUT2D eigenvalue weighted by Crippen LogP contribution is -2.36. The van der Waals surface area contributed by atoms with Gasteiger partial charge in [-0.25, -0.2) is 4.98 Å². The Balaban J connectivity index is 1.45. The first-order chi connectivity index (χ1) is 12.2. The molecule has 1 aromatic carbocycles. The zero-order chi connectivity index (χ0) is 17.2. The first-order valence-corrected chi connectivity index (χ1v) is 8.65. The highest BCUT2D eigenvalue weighted by molar-refractivity contribution is 6.05. The van der Waals surface area contributed by atoms with E-state index in [1.807, 2.05) is 30.3 Å². The van der Waals surface area contributed by atoms with Crippen molar-refractivity contribution in [1.29, 1.82) is 0 Å². The molecule has 4 rings (SSSR count). The standard InChI is InChI=1S/C19H22N4O2/c1-22-7-6-14-2-3-15(12-17(14)22)19(24)21-16-4-5-18(20-13-16)23-8-10-25-11-9-23/h2-5,12-13H,6-11H2,1H3,(H,21,24). The van der Waals surface area contributed by atoms with Crippen molar-refractivity contribution in [3.05, 3.63) is 47.7 Å². The average molecular weight is 338 g/mol. The van der Waals surface area contributed by atoms with Gasteiger partial charge in [0.1, 0.15) is 5.82 Å². The number of aromatic nitrogens is 1. The van der Waals surface area contributed by atoms with Crippen LogP contribution in [0.3, 0.4) is 0 Å². The van der Waals surface area contributed by atoms with E-state index in [-0.39, 0.29) is 5.91 Å². The number of benzene rings is 1. The van der Waals surface area contributed by atoms with Gasteiger partial charge in [0.25, 0.3) is 5.91 Å². The maximum atomic E-state index is 12.5. The van der Waals surface area contributed by atoms with Gasteiger partial charge in [-0.3, -0.25) is 4.79 Å². The van der Waals surface area contributed by atoms with Gasteiger partial charge in [0.05, 0.1) is 25.1 Å². The lowest BCUT2D eigenvalue weighted by atomic mass is 10.1. The second-order valence-corrected chi connectivity index (χ2v) is 6.47. The van der Waals surface area contributed by atoms with Crippen LogP contribution in [-0.4, -0.2) is 50.8 Å². The van der Waals surface area contributed by atoms with Crippen LogP contribution in [0.4, 0.5) is 17.2 Å². The molecule has 1 saturated heterocycles. The molecule has 6 heteroatoms. The van der Waals surface area contributed by atoms with Gasteiger partial charge in [-0.15, -0.1) is 0 Å². The highest BCUT2D eigenvalue weighted by Gasteiger charge is 2.18. The predicted molar refractivity (Wildman–Crippen MR) is 98.6 cm³/mol. The van der Waals surface area contributed by atoms with Crippen LogP contribution in [0.2, 0.25) is 0 Å². The Morgan fingerprint density at radius 3 is 2.76 bits per heavy atom. The molecule has 6 nitrogen and oxygen atoms in total. The zero-order valence-corrected chi connectivity index (χ0v) is 14.4. The largest absolute Gasteiger partial charge is 0.378 e. The number of hydrogen-bond acceptors (Lipinski definition) is 5. The molecule has 130 valence electrons. The molecule has 0 radical (unpaired) electrons. The monoisotopic (exact) mass is 338 g/mol. The second kappa shape index (κ2) is 6.72. The second-order valence-electron chi connectivity index (χ2n) is 6.47. The topological polar surface area (TPSA) is 57.7 Å². The number of nitrogens with one attached hydrogen (secondary N) is 1. The number of carbonyl (C=O) groups is 1. The maximum Gasteiger partial charge on any atom is 0.255 e. The van der Waals surface area contributed by atoms with Crippen molar-refractivity contribution in [2.24, 2.45) is 0 Å². The van der Waals surface area contributed by atoms with E-state index in [1.165, 1.54) is 5.56 Å². The minimum atomic E-state index is -0.107. The van der Waals surface area contributed by atoms with E-state index in [0.29, 0.717) is 11.3 Å². The number of amides is 1. The molecular formula is C19H22N4O2. The minimum absolute atomic E-state index is 0.107. The van der Waals surface area contributed by atoms with E-state index < -0.39 is 0 Å². The van der Waals surface area contributed by atoms with Crippen LogP contribution in [0, 0.1) is 0 Å². The average Bonchev–Trinajstić information content (AvgIpc) is 3.03. The van der Waals surface area contributed by atoms with Gasteiger partial charge in [0.15, 0.2) is 0 Å². The summed E-state index contributed by atoms with van der Waals surface area (Å²) in [5.74, 6) is 0.810. The van der Waals surface area contributed by atoms with E-state index in [4.69, 9.17) is 4.74 Å². The van der Waals surface area contributed by atoms with Gasteiger partial charge in [-0.2, -0.15) is 0 Å². The van der Waals surface area contributed by atoms with Crippen LogP contribution < -0.4 is 15.1 Å². The van der Waals surface area contributed by atoms with Crippen LogP contribution in [-0.2, 0) is 11.2 Å². The molecule has 2 aromatic rings. The lowest BCUT2D eigenvalue weighted by Gasteiger charge is -2.27. The van der Waals surface area contributed by atoms with Crippen LogP contribution in [0.1, 0.15) is 15.9 Å². The smallest absolute Gasteiger partial charge is 0.255 e. The van der Waals surface area contributed by atoms with Gasteiger partial charge in [-0.05, 0) is 36.2 Å². The fraction of sp³-hybridized carbons (Fsp3) is 0.368. The number of anilines is 3. The summed E-state index contributed by atoms with van der Waals surface area (Å²) >= 11 is 0. The molecule has 0 atom stereocenters. The predicted octanol–water partition coefficient (Wildman–Crippen LogP) is 2.16. The lowest BCUT2D eigenvalue weighted by molar-refractivity contribution is 0.102. The molecule has 1 aromatic heterocycles. The molecule has 0 spiro atoms. The molecular weight excluding hydrogens is 316 g/mol. The summed E-state index contributed by atoms with van der Waals surface area (Å²) < 4.78 is 5.36. The number of hydrogen-bond donors (Lipinski definition) is 1. The van der Waals surface area contributed by atoms with Crippen molar-refractivity contribution in [3.63, 3.8) is 0 Å². The van der Waals surface area contributed by atoms with Crippen molar-refractivity contribution < 1.29 is 9.53 Å². The summed E-state index contributed by atoms with van der Waals surface area (Å²) in [4.78, 5) is 21.4. The molecule has 0 unspecified atom stereocenters. The van der Waals surface area contributed by atoms with E-state index in [9.17, 15) is 4.79 Å². The van der Waals surface area contributed by atoms with E-state index in [0.717, 1.165) is 50.8 Å². The molecule has 0 saturated carbocycles. The number of fused-ring (bicyclic) bond motifs is 1. The van der Waals surface area contributed by atoms with Gasteiger partial charge >= 0.3 is 0 Å². The SMILES string of the molecule is CN1CCc2ccc(C(=O)Nc3ccc(N4CCOCC4)nc3)cc21. The summed E-state index contributed by atoms with van der Waals surface area (Å²) in [7, 11) is 2.06. The number of likely N-dealkylation sites (N-methyl/N-ethyl adjacent to an activating group) is 1. The van der Waals surface area contributed by atoms with Gasteiger partial charge in [0, 0.05) is 37.9 Å². The summed E-state index contributed by atoms with van der Waals surface area (Å²) in [6.45, 7) is 4.16. The van der Waals surface area contributed by atoms with E-state index >= 15 is 0 Å². The van der Waals surface area contributed by atoms with E-state index in [1.54, 1.807) is 6.20 Å². The number of ether oxygens (including phenoxy) is 1. The summed E-state index contributed by atoms with van der Waals surface area (Å²) in [5, 5.41) is 2.93. The molecule has 1 N–H and O–H groups in total. The zero-order valence-electron chi connectivity index (χ0n) is 14.4. The third-order valence-electron chi connectivity index (χ3n) is 4.82. The van der Waals surface area contributed by atoms with Crippen molar-refractivity contribution in [1.82, 2.24) is 4.98 Å². The first kappa shape index (κ1) is 15.9. The first-order valence-electron chi connectivity index (χ1n) is 8.65. The van der Waals surface area contributed by atoms with Crippen molar-refractivity contribution in [2.75, 3.05) is 55.0 Å². The molecule has 25 heavy (non-hydrogen) atoms. The van der Waals surface area contributed by atoms with Crippen molar-refractivity contribution in [3.8, 4) is 0 Å². The van der Waals surface area contributed by atoms with Crippen LogP contribution in [0.25, 0.3) is 0 Å². The third kappa shape index (κ3) is 3.30. The van der Waals surface area contributed by atoms with Gasteiger partial charge in [0.2, 0.25) is 0 Å². The number of carbonyl (C=O) groups excluding carboxylic acids is 1. The summed E-state index contributed by atoms with van der Waals surface area (Å²) in [6, 6.07) is 9.75.